The number of hydrogen-bond acceptors (Lipinski definition) is 7. The van der Waals surface area contributed by atoms with Crippen molar-refractivity contribution in [2.24, 2.45) is 0 Å². The maximum atomic E-state index is 12.0. The van der Waals surface area contributed by atoms with Crippen LogP contribution in [0.25, 0.3) is 0 Å². The van der Waals surface area contributed by atoms with E-state index in [-0.39, 0.29) is 5.76 Å². The van der Waals surface area contributed by atoms with Gasteiger partial charge in [0.05, 0.1) is 18.0 Å². The Labute approximate surface area is 131 Å². The number of hydrogen-bond donors (Lipinski definition) is 2. The van der Waals surface area contributed by atoms with Gasteiger partial charge < -0.3 is 20.0 Å². The molecule has 2 aromatic rings. The summed E-state index contributed by atoms with van der Waals surface area (Å²) >= 11 is 0. The average Bonchev–Trinajstić information content (AvgIpc) is 3.07. The fourth-order valence-electron chi connectivity index (χ4n) is 2.30. The van der Waals surface area contributed by atoms with Crippen molar-refractivity contribution in [3.63, 3.8) is 0 Å². The van der Waals surface area contributed by atoms with Crippen molar-refractivity contribution in [2.75, 3.05) is 36.4 Å². The van der Waals surface area contributed by atoms with Gasteiger partial charge >= 0.3 is 5.88 Å². The van der Waals surface area contributed by atoms with Gasteiger partial charge in [-0.05, 0) is 18.2 Å². The minimum Gasteiger partial charge on any atom is -0.395 e. The van der Waals surface area contributed by atoms with Gasteiger partial charge in [-0.15, -0.1) is 0 Å². The number of carbonyl (C=O) groups is 1. The van der Waals surface area contributed by atoms with Gasteiger partial charge in [-0.1, -0.05) is 0 Å². The van der Waals surface area contributed by atoms with Crippen LogP contribution in [-0.4, -0.2) is 42.0 Å². The zero-order chi connectivity index (χ0) is 16.2. The van der Waals surface area contributed by atoms with E-state index in [1.807, 2.05) is 6.07 Å². The van der Waals surface area contributed by atoms with Crippen LogP contribution in [0.2, 0.25) is 0 Å². The standard InChI is InChI=1S/C14H15N5O4/c20-14(11-2-4-13(23-11)19(21)22)17-12-3-1-10(9-16-12)18-7-5-15-6-8-18/h1-4,9,15H,5-8H2,(H,16,17,20). The third-order valence-electron chi connectivity index (χ3n) is 3.47. The van der Waals surface area contributed by atoms with Gasteiger partial charge in [0, 0.05) is 26.2 Å². The molecule has 23 heavy (non-hydrogen) atoms. The van der Waals surface area contributed by atoms with E-state index in [1.165, 1.54) is 6.07 Å². The fourth-order valence-corrected chi connectivity index (χ4v) is 2.30. The molecule has 2 N–H and O–H groups in total. The summed E-state index contributed by atoms with van der Waals surface area (Å²) in [6, 6.07) is 5.95. The van der Waals surface area contributed by atoms with Gasteiger partial charge in [-0.25, -0.2) is 4.98 Å². The molecule has 0 aromatic carbocycles. The van der Waals surface area contributed by atoms with Crippen molar-refractivity contribution in [1.29, 1.82) is 0 Å². The molecule has 9 heteroatoms. The minimum atomic E-state index is -0.697. The van der Waals surface area contributed by atoms with Crippen LogP contribution >= 0.6 is 0 Å². The molecule has 0 bridgehead atoms. The smallest absolute Gasteiger partial charge is 0.395 e. The third kappa shape index (κ3) is 3.46. The number of nitrogens with zero attached hydrogens (tertiary/aromatic N) is 3. The number of amides is 1. The number of piperazine rings is 1. The highest BCUT2D eigenvalue weighted by atomic mass is 16.6. The quantitative estimate of drug-likeness (QED) is 0.644. The van der Waals surface area contributed by atoms with Crippen LogP contribution in [0.5, 0.6) is 0 Å². The van der Waals surface area contributed by atoms with Gasteiger partial charge in [0.1, 0.15) is 10.7 Å². The highest BCUT2D eigenvalue weighted by molar-refractivity contribution is 6.01. The predicted octanol–water partition coefficient (Wildman–Crippen LogP) is 1.24. The van der Waals surface area contributed by atoms with Crippen LogP contribution in [-0.2, 0) is 0 Å². The summed E-state index contributed by atoms with van der Waals surface area (Å²) in [5.74, 6) is -0.838. The minimum absolute atomic E-state index is 0.135. The van der Waals surface area contributed by atoms with Crippen molar-refractivity contribution in [3.05, 3.63) is 46.3 Å². The molecule has 0 aliphatic carbocycles. The van der Waals surface area contributed by atoms with Gasteiger partial charge in [-0.3, -0.25) is 14.9 Å². The largest absolute Gasteiger partial charge is 0.433 e. The number of nitro groups is 1. The van der Waals surface area contributed by atoms with Crippen LogP contribution in [0.15, 0.2) is 34.9 Å². The van der Waals surface area contributed by atoms with Gasteiger partial charge in [0.15, 0.2) is 5.76 Å². The molecule has 0 radical (unpaired) electrons. The highest BCUT2D eigenvalue weighted by Gasteiger charge is 2.18. The van der Waals surface area contributed by atoms with Crippen molar-refractivity contribution in [2.45, 2.75) is 0 Å². The first-order valence-corrected chi connectivity index (χ1v) is 7.11. The first-order chi connectivity index (χ1) is 11.1. The summed E-state index contributed by atoms with van der Waals surface area (Å²) in [5, 5.41) is 16.4. The lowest BCUT2D eigenvalue weighted by molar-refractivity contribution is -0.402. The molecular weight excluding hydrogens is 302 g/mol. The number of pyridine rings is 1. The maximum absolute atomic E-state index is 12.0. The zero-order valence-corrected chi connectivity index (χ0v) is 12.2. The molecule has 3 heterocycles. The Morgan fingerprint density at radius 3 is 2.70 bits per heavy atom. The molecule has 2 aromatic heterocycles. The van der Waals surface area contributed by atoms with Crippen LogP contribution in [0.1, 0.15) is 10.6 Å². The summed E-state index contributed by atoms with van der Waals surface area (Å²) in [4.78, 5) is 28.2. The second-order valence-corrected chi connectivity index (χ2v) is 4.99. The predicted molar refractivity (Wildman–Crippen MR) is 82.6 cm³/mol. The maximum Gasteiger partial charge on any atom is 0.433 e. The molecule has 1 fully saturated rings. The topological polar surface area (TPSA) is 114 Å². The summed E-state index contributed by atoms with van der Waals surface area (Å²) < 4.78 is 4.84. The molecule has 0 atom stereocenters. The van der Waals surface area contributed by atoms with E-state index in [0.29, 0.717) is 5.82 Å². The Kier molecular flexibility index (Phi) is 4.20. The van der Waals surface area contributed by atoms with Crippen LogP contribution in [0.4, 0.5) is 17.4 Å². The van der Waals surface area contributed by atoms with E-state index in [2.05, 4.69) is 20.5 Å². The fraction of sp³-hybridized carbons (Fsp3) is 0.286. The lowest BCUT2D eigenvalue weighted by Gasteiger charge is -2.29. The van der Waals surface area contributed by atoms with E-state index in [0.717, 1.165) is 37.9 Å². The zero-order valence-electron chi connectivity index (χ0n) is 12.2. The molecule has 120 valence electrons. The van der Waals surface area contributed by atoms with Crippen molar-refractivity contribution >= 4 is 23.3 Å². The lowest BCUT2D eigenvalue weighted by atomic mass is 10.3. The Hall–Kier alpha value is -2.94. The van der Waals surface area contributed by atoms with E-state index >= 15 is 0 Å². The number of nitrogens with one attached hydrogen (secondary N) is 2. The Balaban J connectivity index is 1.65. The van der Waals surface area contributed by atoms with E-state index in [9.17, 15) is 14.9 Å². The number of anilines is 2. The molecule has 0 unspecified atom stereocenters. The molecule has 1 aliphatic rings. The van der Waals surface area contributed by atoms with Crippen LogP contribution in [0, 0.1) is 10.1 Å². The molecule has 1 aliphatic heterocycles. The van der Waals surface area contributed by atoms with E-state index < -0.39 is 16.7 Å². The SMILES string of the molecule is O=C(Nc1ccc(N2CCNCC2)cn1)c1ccc([N+](=O)[O-])o1. The van der Waals surface area contributed by atoms with Crippen molar-refractivity contribution < 1.29 is 14.1 Å². The molecule has 3 rings (SSSR count). The molecule has 0 saturated carbocycles. The van der Waals surface area contributed by atoms with E-state index in [1.54, 1.807) is 12.3 Å². The van der Waals surface area contributed by atoms with Gasteiger partial charge in [0.25, 0.3) is 5.91 Å². The van der Waals surface area contributed by atoms with Crippen molar-refractivity contribution in [3.8, 4) is 0 Å². The van der Waals surface area contributed by atoms with Crippen LogP contribution < -0.4 is 15.5 Å². The first-order valence-electron chi connectivity index (χ1n) is 7.11. The molecule has 1 amide bonds. The normalized spacial score (nSPS) is 14.5. The average molecular weight is 317 g/mol. The summed E-state index contributed by atoms with van der Waals surface area (Å²) in [6.45, 7) is 3.67. The number of furan rings is 1. The molecular formula is C14H15N5O4. The van der Waals surface area contributed by atoms with E-state index in [4.69, 9.17) is 4.42 Å². The Morgan fingerprint density at radius 1 is 1.30 bits per heavy atom. The molecule has 0 spiro atoms. The van der Waals surface area contributed by atoms with Crippen LogP contribution in [0.3, 0.4) is 0 Å². The molecule has 1 saturated heterocycles. The highest BCUT2D eigenvalue weighted by Crippen LogP contribution is 2.18. The number of carbonyl (C=O) groups excluding carboxylic acids is 1. The summed E-state index contributed by atoms with van der Waals surface area (Å²) in [5.41, 5.74) is 0.984. The molecule has 9 nitrogen and oxygen atoms in total. The first kappa shape index (κ1) is 15.0. The number of aromatic nitrogens is 1. The summed E-state index contributed by atoms with van der Waals surface area (Å²) in [7, 11) is 0. The second kappa shape index (κ2) is 6.44. The third-order valence-corrected chi connectivity index (χ3v) is 3.47. The Bertz CT molecular complexity index is 706. The van der Waals surface area contributed by atoms with Gasteiger partial charge in [-0.2, -0.15) is 0 Å². The Morgan fingerprint density at radius 2 is 2.09 bits per heavy atom. The second-order valence-electron chi connectivity index (χ2n) is 4.99. The van der Waals surface area contributed by atoms with Gasteiger partial charge in [0.2, 0.25) is 0 Å². The number of rotatable bonds is 4. The van der Waals surface area contributed by atoms with Crippen molar-refractivity contribution in [1.82, 2.24) is 10.3 Å². The lowest BCUT2D eigenvalue weighted by Crippen LogP contribution is -2.43. The monoisotopic (exact) mass is 317 g/mol. The summed E-state index contributed by atoms with van der Waals surface area (Å²) in [6.07, 6.45) is 1.69.